The number of rotatable bonds is 3. The molecule has 1 aliphatic heterocycles. The van der Waals surface area contributed by atoms with Crippen LogP contribution >= 0.6 is 0 Å². The summed E-state index contributed by atoms with van der Waals surface area (Å²) in [5.74, 6) is -0.602. The zero-order valence-corrected chi connectivity index (χ0v) is 17.2. The van der Waals surface area contributed by atoms with Gasteiger partial charge in [-0.3, -0.25) is 9.59 Å². The van der Waals surface area contributed by atoms with E-state index in [-0.39, 0.29) is 29.5 Å². The van der Waals surface area contributed by atoms with Gasteiger partial charge in [0.2, 0.25) is 5.76 Å². The Hall–Kier alpha value is -3.73. The molecule has 0 fully saturated rings. The lowest BCUT2D eigenvalue weighted by atomic mass is 9.97. The van der Waals surface area contributed by atoms with Crippen LogP contribution in [0.2, 0.25) is 0 Å². The van der Waals surface area contributed by atoms with E-state index in [0.717, 1.165) is 22.3 Å². The molecule has 1 atom stereocenters. The maximum Gasteiger partial charge on any atom is 0.291 e. The lowest BCUT2D eigenvalue weighted by molar-refractivity contribution is 0.0714. The van der Waals surface area contributed by atoms with Gasteiger partial charge in [-0.15, -0.1) is 0 Å². The van der Waals surface area contributed by atoms with Crippen LogP contribution in [0.3, 0.4) is 0 Å². The standard InChI is InChI=1S/C26H20FNO3/c1-15-12-20-21(13-16(15)2)31-25-22(24(20)29)23(18-6-4-3-5-7-18)28(26(25)30)14-17-8-10-19(27)11-9-17/h3-13,23H,14H2,1-2H3. The predicted octanol–water partition coefficient (Wildman–Crippen LogP) is 5.29. The Balaban J connectivity index is 1.73. The van der Waals surface area contributed by atoms with Crippen molar-refractivity contribution < 1.29 is 13.6 Å². The van der Waals surface area contributed by atoms with E-state index < -0.39 is 6.04 Å². The molecule has 5 rings (SSSR count). The molecule has 4 aromatic rings. The van der Waals surface area contributed by atoms with Gasteiger partial charge in [-0.2, -0.15) is 0 Å². The number of hydrogen-bond acceptors (Lipinski definition) is 3. The van der Waals surface area contributed by atoms with Gasteiger partial charge in [0.1, 0.15) is 11.4 Å². The predicted molar refractivity (Wildman–Crippen MR) is 117 cm³/mol. The molecular weight excluding hydrogens is 393 g/mol. The van der Waals surface area contributed by atoms with Gasteiger partial charge in [0.05, 0.1) is 17.0 Å². The summed E-state index contributed by atoms with van der Waals surface area (Å²) in [5, 5.41) is 0.471. The third kappa shape index (κ3) is 3.13. The summed E-state index contributed by atoms with van der Waals surface area (Å²) in [7, 11) is 0. The maximum absolute atomic E-state index is 13.6. The Morgan fingerprint density at radius 1 is 0.935 bits per heavy atom. The zero-order chi connectivity index (χ0) is 21.7. The topological polar surface area (TPSA) is 50.5 Å². The van der Waals surface area contributed by atoms with Crippen molar-refractivity contribution in [2.45, 2.75) is 26.4 Å². The number of carbonyl (C=O) groups excluding carboxylic acids is 1. The van der Waals surface area contributed by atoms with Crippen LogP contribution in [0.15, 0.2) is 75.9 Å². The van der Waals surface area contributed by atoms with Crippen molar-refractivity contribution in [1.29, 1.82) is 0 Å². The van der Waals surface area contributed by atoms with E-state index in [1.807, 2.05) is 50.2 Å². The minimum Gasteiger partial charge on any atom is -0.450 e. The van der Waals surface area contributed by atoms with Crippen molar-refractivity contribution in [1.82, 2.24) is 4.90 Å². The molecule has 0 aliphatic carbocycles. The number of fused-ring (bicyclic) bond motifs is 2. The number of amides is 1. The Bertz CT molecular complexity index is 1370. The molecule has 0 bridgehead atoms. The molecule has 1 aliphatic rings. The molecule has 1 amide bonds. The van der Waals surface area contributed by atoms with Crippen molar-refractivity contribution in [2.75, 3.05) is 0 Å². The fourth-order valence-electron chi connectivity index (χ4n) is 4.21. The van der Waals surface area contributed by atoms with Crippen molar-refractivity contribution >= 4 is 16.9 Å². The zero-order valence-electron chi connectivity index (χ0n) is 17.2. The minimum absolute atomic E-state index is 0.0803. The average Bonchev–Trinajstić information content (AvgIpc) is 3.04. The smallest absolute Gasteiger partial charge is 0.291 e. The van der Waals surface area contributed by atoms with Crippen LogP contribution in [0.1, 0.15) is 44.4 Å². The molecular formula is C26H20FNO3. The highest BCUT2D eigenvalue weighted by Crippen LogP contribution is 2.39. The molecule has 1 aromatic heterocycles. The number of halogens is 1. The fourth-order valence-corrected chi connectivity index (χ4v) is 4.21. The van der Waals surface area contributed by atoms with Gasteiger partial charge < -0.3 is 9.32 Å². The maximum atomic E-state index is 13.6. The molecule has 154 valence electrons. The van der Waals surface area contributed by atoms with Crippen molar-refractivity contribution in [3.63, 3.8) is 0 Å². The van der Waals surface area contributed by atoms with Crippen LogP contribution < -0.4 is 5.43 Å². The van der Waals surface area contributed by atoms with E-state index in [4.69, 9.17) is 4.42 Å². The largest absolute Gasteiger partial charge is 0.450 e. The summed E-state index contributed by atoms with van der Waals surface area (Å²) in [6, 6.07) is 18.5. The van der Waals surface area contributed by atoms with E-state index in [1.54, 1.807) is 23.1 Å². The van der Waals surface area contributed by atoms with E-state index in [1.165, 1.54) is 12.1 Å². The quantitative estimate of drug-likeness (QED) is 0.458. The normalized spacial score (nSPS) is 15.5. The van der Waals surface area contributed by atoms with Crippen LogP contribution in [-0.4, -0.2) is 10.8 Å². The summed E-state index contributed by atoms with van der Waals surface area (Å²) in [6.07, 6.45) is 0. The molecule has 3 aromatic carbocycles. The Morgan fingerprint density at radius 2 is 1.61 bits per heavy atom. The van der Waals surface area contributed by atoms with Gasteiger partial charge in [0, 0.05) is 6.54 Å². The highest BCUT2D eigenvalue weighted by Gasteiger charge is 2.42. The van der Waals surface area contributed by atoms with Gasteiger partial charge >= 0.3 is 0 Å². The Morgan fingerprint density at radius 3 is 2.32 bits per heavy atom. The van der Waals surface area contributed by atoms with Gasteiger partial charge in [-0.05, 0) is 60.4 Å². The molecule has 1 unspecified atom stereocenters. The molecule has 0 N–H and O–H groups in total. The first-order valence-corrected chi connectivity index (χ1v) is 10.1. The molecule has 2 heterocycles. The monoisotopic (exact) mass is 413 g/mol. The van der Waals surface area contributed by atoms with Crippen LogP contribution in [0, 0.1) is 19.7 Å². The summed E-state index contributed by atoms with van der Waals surface area (Å²) < 4.78 is 19.4. The van der Waals surface area contributed by atoms with E-state index in [2.05, 4.69) is 0 Å². The van der Waals surface area contributed by atoms with Crippen LogP contribution in [0.4, 0.5) is 4.39 Å². The molecule has 31 heavy (non-hydrogen) atoms. The van der Waals surface area contributed by atoms with Gasteiger partial charge in [0.25, 0.3) is 5.91 Å². The lowest BCUT2D eigenvalue weighted by Gasteiger charge is -2.25. The molecule has 5 heteroatoms. The van der Waals surface area contributed by atoms with E-state index in [9.17, 15) is 14.0 Å². The first-order valence-electron chi connectivity index (χ1n) is 10.1. The number of aryl methyl sites for hydroxylation is 2. The number of nitrogens with zero attached hydrogens (tertiary/aromatic N) is 1. The van der Waals surface area contributed by atoms with Crippen molar-refractivity contribution in [3.8, 4) is 0 Å². The van der Waals surface area contributed by atoms with Crippen molar-refractivity contribution in [2.24, 2.45) is 0 Å². The first-order chi connectivity index (χ1) is 14.9. The van der Waals surface area contributed by atoms with E-state index >= 15 is 0 Å². The molecule has 0 spiro atoms. The van der Waals surface area contributed by atoms with E-state index in [0.29, 0.717) is 16.5 Å². The second kappa shape index (κ2) is 7.20. The molecule has 0 radical (unpaired) electrons. The highest BCUT2D eigenvalue weighted by molar-refractivity contribution is 5.99. The third-order valence-electron chi connectivity index (χ3n) is 5.96. The summed E-state index contributed by atoms with van der Waals surface area (Å²) in [4.78, 5) is 28.6. The first kappa shape index (κ1) is 19.2. The fraction of sp³-hybridized carbons (Fsp3) is 0.154. The molecule has 0 saturated heterocycles. The second-order valence-corrected chi connectivity index (χ2v) is 7.98. The second-order valence-electron chi connectivity index (χ2n) is 7.98. The van der Waals surface area contributed by atoms with Crippen molar-refractivity contribution in [3.05, 3.63) is 116 Å². The third-order valence-corrected chi connectivity index (χ3v) is 5.96. The summed E-state index contributed by atoms with van der Waals surface area (Å²) >= 11 is 0. The lowest BCUT2D eigenvalue weighted by Crippen LogP contribution is -2.29. The molecule has 0 saturated carbocycles. The summed E-state index contributed by atoms with van der Waals surface area (Å²) in [6.45, 7) is 4.12. The SMILES string of the molecule is Cc1cc2oc3c(c(=O)c2cc1C)C(c1ccccc1)N(Cc1ccc(F)cc1)C3=O. The number of hydrogen-bond donors (Lipinski definition) is 0. The molecule has 4 nitrogen and oxygen atoms in total. The summed E-state index contributed by atoms with van der Waals surface area (Å²) in [5.41, 5.74) is 4.15. The Kier molecular flexibility index (Phi) is 4.47. The highest BCUT2D eigenvalue weighted by atomic mass is 19.1. The Labute approximate surface area is 178 Å². The average molecular weight is 413 g/mol. The van der Waals surface area contributed by atoms with Crippen LogP contribution in [0.5, 0.6) is 0 Å². The number of benzene rings is 3. The van der Waals surface area contributed by atoms with Crippen LogP contribution in [0.25, 0.3) is 11.0 Å². The number of carbonyl (C=O) groups is 1. The van der Waals surface area contributed by atoms with Gasteiger partial charge in [0.15, 0.2) is 5.43 Å². The van der Waals surface area contributed by atoms with Crippen LogP contribution in [-0.2, 0) is 6.54 Å². The van der Waals surface area contributed by atoms with Gasteiger partial charge in [-0.1, -0.05) is 42.5 Å². The van der Waals surface area contributed by atoms with Gasteiger partial charge in [-0.25, -0.2) is 4.39 Å². The minimum atomic E-state index is -0.573.